The molecule has 2 aromatic carbocycles. The van der Waals surface area contributed by atoms with Crippen molar-refractivity contribution in [3.8, 4) is 11.3 Å². The minimum atomic E-state index is -3.62. The maximum absolute atomic E-state index is 14.0. The molecule has 4 rings (SSSR count). The summed E-state index contributed by atoms with van der Waals surface area (Å²) >= 11 is 0. The van der Waals surface area contributed by atoms with E-state index in [1.165, 1.54) is 28.6 Å². The van der Waals surface area contributed by atoms with Crippen molar-refractivity contribution in [1.82, 2.24) is 4.31 Å². The van der Waals surface area contributed by atoms with Crippen LogP contribution in [0.25, 0.3) is 11.3 Å². The van der Waals surface area contributed by atoms with Gasteiger partial charge in [0.15, 0.2) is 5.76 Å². The van der Waals surface area contributed by atoms with Crippen molar-refractivity contribution in [2.24, 2.45) is 0 Å². The van der Waals surface area contributed by atoms with Crippen molar-refractivity contribution < 1.29 is 22.0 Å². The predicted octanol–water partition coefficient (Wildman–Crippen LogP) is 4.82. The van der Waals surface area contributed by atoms with Crippen molar-refractivity contribution in [3.63, 3.8) is 0 Å². The molecule has 2 heterocycles. The fourth-order valence-electron chi connectivity index (χ4n) is 3.60. The first-order valence-corrected chi connectivity index (χ1v) is 11.6. The number of amides is 1. The number of piperidine rings is 1. The molecule has 0 saturated carbocycles. The largest absolute Gasteiger partial charge is 0.451 e. The van der Waals surface area contributed by atoms with Gasteiger partial charge in [-0.2, -0.15) is 4.31 Å². The molecule has 1 aliphatic rings. The molecular formula is C23H23FN2O4S. The Labute approximate surface area is 180 Å². The van der Waals surface area contributed by atoms with Gasteiger partial charge in [0.2, 0.25) is 10.0 Å². The lowest BCUT2D eigenvalue weighted by molar-refractivity contribution is 0.0997. The van der Waals surface area contributed by atoms with E-state index < -0.39 is 21.7 Å². The normalized spacial score (nSPS) is 15.0. The first-order chi connectivity index (χ1) is 14.9. The molecule has 1 fully saturated rings. The lowest BCUT2D eigenvalue weighted by atomic mass is 10.1. The zero-order valence-corrected chi connectivity index (χ0v) is 17.9. The number of aryl methyl sites for hydroxylation is 1. The number of nitrogens with zero attached hydrogens (tertiary/aromatic N) is 1. The Morgan fingerprint density at radius 2 is 1.77 bits per heavy atom. The molecule has 1 aromatic heterocycles. The summed E-state index contributed by atoms with van der Waals surface area (Å²) in [5, 5.41) is 2.71. The zero-order valence-electron chi connectivity index (χ0n) is 17.1. The van der Waals surface area contributed by atoms with Gasteiger partial charge in [-0.15, -0.1) is 0 Å². The number of carbonyl (C=O) groups is 1. The van der Waals surface area contributed by atoms with Crippen LogP contribution in [0.3, 0.4) is 0 Å². The molecule has 6 nitrogen and oxygen atoms in total. The molecular weight excluding hydrogens is 419 g/mol. The summed E-state index contributed by atoms with van der Waals surface area (Å²) in [6.45, 7) is 2.78. The predicted molar refractivity (Wildman–Crippen MR) is 116 cm³/mol. The van der Waals surface area contributed by atoms with E-state index in [0.717, 1.165) is 19.3 Å². The third-order valence-electron chi connectivity index (χ3n) is 5.38. The van der Waals surface area contributed by atoms with Gasteiger partial charge in [0, 0.05) is 18.8 Å². The van der Waals surface area contributed by atoms with Crippen LogP contribution in [0.1, 0.15) is 35.4 Å². The molecule has 162 valence electrons. The maximum Gasteiger partial charge on any atom is 0.291 e. The summed E-state index contributed by atoms with van der Waals surface area (Å²) in [6, 6.07) is 13.8. The monoisotopic (exact) mass is 442 g/mol. The first kappa shape index (κ1) is 21.3. The lowest BCUT2D eigenvalue weighted by Crippen LogP contribution is -2.35. The second-order valence-electron chi connectivity index (χ2n) is 7.54. The Kier molecular flexibility index (Phi) is 5.93. The summed E-state index contributed by atoms with van der Waals surface area (Å²) < 4.78 is 46.9. The molecule has 0 spiro atoms. The Hall–Kier alpha value is -2.97. The third-order valence-corrected chi connectivity index (χ3v) is 7.27. The van der Waals surface area contributed by atoms with Gasteiger partial charge in [0.05, 0.1) is 10.5 Å². The van der Waals surface area contributed by atoms with Crippen LogP contribution in [-0.2, 0) is 10.0 Å². The number of hydrogen-bond donors (Lipinski definition) is 1. The molecule has 0 bridgehead atoms. The van der Waals surface area contributed by atoms with Crippen LogP contribution >= 0.6 is 0 Å². The molecule has 0 aliphatic carbocycles. The number of anilines is 1. The minimum absolute atomic E-state index is 0.00180. The quantitative estimate of drug-likeness (QED) is 0.614. The molecule has 0 unspecified atom stereocenters. The Morgan fingerprint density at radius 1 is 1.03 bits per heavy atom. The van der Waals surface area contributed by atoms with Crippen molar-refractivity contribution in [2.45, 2.75) is 31.1 Å². The summed E-state index contributed by atoms with van der Waals surface area (Å²) in [7, 11) is -3.62. The number of halogens is 1. The van der Waals surface area contributed by atoms with Crippen molar-refractivity contribution in [1.29, 1.82) is 0 Å². The van der Waals surface area contributed by atoms with E-state index in [4.69, 9.17) is 4.42 Å². The minimum Gasteiger partial charge on any atom is -0.451 e. The molecule has 0 atom stereocenters. The fourth-order valence-corrected chi connectivity index (χ4v) is 5.14. The van der Waals surface area contributed by atoms with E-state index in [-0.39, 0.29) is 22.0 Å². The second kappa shape index (κ2) is 8.64. The summed E-state index contributed by atoms with van der Waals surface area (Å²) in [5.74, 6) is -0.753. The molecule has 0 radical (unpaired) electrons. The summed E-state index contributed by atoms with van der Waals surface area (Å²) in [6.07, 6.45) is 2.72. The Morgan fingerprint density at radius 3 is 2.52 bits per heavy atom. The van der Waals surface area contributed by atoms with Crippen molar-refractivity contribution >= 4 is 21.6 Å². The number of carbonyl (C=O) groups excluding carboxylic acids is 1. The Balaban J connectivity index is 1.56. The number of nitrogens with one attached hydrogen (secondary N) is 1. The van der Waals surface area contributed by atoms with Crippen LogP contribution in [0, 0.1) is 12.7 Å². The van der Waals surface area contributed by atoms with E-state index in [1.54, 1.807) is 37.3 Å². The SMILES string of the molecule is Cc1ccc(S(=O)(=O)N2CCCCC2)cc1NC(=O)c1ccc(-c2ccccc2F)o1. The van der Waals surface area contributed by atoms with E-state index in [9.17, 15) is 17.6 Å². The van der Waals surface area contributed by atoms with Crippen molar-refractivity contribution in [2.75, 3.05) is 18.4 Å². The van der Waals surface area contributed by atoms with E-state index in [0.29, 0.717) is 24.3 Å². The summed E-state index contributed by atoms with van der Waals surface area (Å²) in [4.78, 5) is 12.8. The van der Waals surface area contributed by atoms with Crippen LogP contribution in [0.15, 0.2) is 63.9 Å². The van der Waals surface area contributed by atoms with E-state index in [2.05, 4.69) is 5.32 Å². The van der Waals surface area contributed by atoms with Gasteiger partial charge in [-0.3, -0.25) is 4.79 Å². The summed E-state index contributed by atoms with van der Waals surface area (Å²) in [5.41, 5.74) is 1.35. The third kappa shape index (κ3) is 4.40. The molecule has 1 amide bonds. The number of rotatable bonds is 5. The van der Waals surface area contributed by atoms with Gasteiger partial charge in [0.1, 0.15) is 11.6 Å². The average Bonchev–Trinajstić information content (AvgIpc) is 3.26. The average molecular weight is 443 g/mol. The number of sulfonamides is 1. The van der Waals surface area contributed by atoms with Gasteiger partial charge in [-0.25, -0.2) is 12.8 Å². The zero-order chi connectivity index (χ0) is 22.0. The van der Waals surface area contributed by atoms with Gasteiger partial charge in [-0.05, 0) is 61.7 Å². The van der Waals surface area contributed by atoms with Crippen LogP contribution < -0.4 is 5.32 Å². The van der Waals surface area contributed by atoms with Gasteiger partial charge in [0.25, 0.3) is 5.91 Å². The number of furan rings is 1. The highest BCUT2D eigenvalue weighted by molar-refractivity contribution is 7.89. The molecule has 1 N–H and O–H groups in total. The molecule has 31 heavy (non-hydrogen) atoms. The highest BCUT2D eigenvalue weighted by Gasteiger charge is 2.26. The van der Waals surface area contributed by atoms with E-state index >= 15 is 0 Å². The van der Waals surface area contributed by atoms with Gasteiger partial charge in [-0.1, -0.05) is 24.6 Å². The van der Waals surface area contributed by atoms with Gasteiger partial charge >= 0.3 is 0 Å². The van der Waals surface area contributed by atoms with E-state index in [1.807, 2.05) is 0 Å². The highest BCUT2D eigenvalue weighted by atomic mass is 32.2. The standard InChI is InChI=1S/C23H23FN2O4S/c1-16-9-10-17(31(28,29)26-13-5-2-6-14-26)15-20(16)25-23(27)22-12-11-21(30-22)18-7-3-4-8-19(18)24/h3-4,7-12,15H,2,5-6,13-14H2,1H3,(H,25,27). The van der Waals surface area contributed by atoms with Crippen LogP contribution in [0.5, 0.6) is 0 Å². The molecule has 8 heteroatoms. The van der Waals surface area contributed by atoms with Crippen LogP contribution in [0.2, 0.25) is 0 Å². The smallest absolute Gasteiger partial charge is 0.291 e. The number of hydrogen-bond acceptors (Lipinski definition) is 4. The highest BCUT2D eigenvalue weighted by Crippen LogP contribution is 2.27. The maximum atomic E-state index is 14.0. The first-order valence-electron chi connectivity index (χ1n) is 10.1. The van der Waals surface area contributed by atoms with Crippen LogP contribution in [-0.4, -0.2) is 31.7 Å². The fraction of sp³-hybridized carbons (Fsp3) is 0.261. The second-order valence-corrected chi connectivity index (χ2v) is 9.48. The molecule has 1 saturated heterocycles. The topological polar surface area (TPSA) is 79.6 Å². The number of benzene rings is 2. The van der Waals surface area contributed by atoms with Gasteiger partial charge < -0.3 is 9.73 Å². The van der Waals surface area contributed by atoms with Crippen LogP contribution in [0.4, 0.5) is 10.1 Å². The molecule has 3 aromatic rings. The lowest BCUT2D eigenvalue weighted by Gasteiger charge is -2.26. The molecule has 1 aliphatic heterocycles. The Bertz CT molecular complexity index is 1210. The van der Waals surface area contributed by atoms with Crippen molar-refractivity contribution in [3.05, 3.63) is 71.7 Å².